The standard InChI is InChI=1S/C7H8N4O/c1-3-2-4-5(7(12)9-3)6(8)11-10-4/h2H,1H3,(H,9,12)(H3,8,10,11). The number of nitrogen functional groups attached to an aromatic ring is 1. The fourth-order valence-electron chi connectivity index (χ4n) is 1.21. The van der Waals surface area contributed by atoms with Gasteiger partial charge in [-0.1, -0.05) is 0 Å². The summed E-state index contributed by atoms with van der Waals surface area (Å²) in [5.41, 5.74) is 6.73. The molecule has 0 aliphatic rings. The van der Waals surface area contributed by atoms with Crippen LogP contribution < -0.4 is 11.3 Å². The number of fused-ring (bicyclic) bond motifs is 1. The molecular formula is C7H8N4O. The molecule has 5 nitrogen and oxygen atoms in total. The van der Waals surface area contributed by atoms with Crippen molar-refractivity contribution in [3.63, 3.8) is 0 Å². The number of nitrogens with zero attached hydrogens (tertiary/aromatic N) is 1. The van der Waals surface area contributed by atoms with E-state index >= 15 is 0 Å². The minimum absolute atomic E-state index is 0.198. The summed E-state index contributed by atoms with van der Waals surface area (Å²) in [5, 5.41) is 6.84. The summed E-state index contributed by atoms with van der Waals surface area (Å²) in [5.74, 6) is 0.242. The smallest absolute Gasteiger partial charge is 0.261 e. The zero-order valence-electron chi connectivity index (χ0n) is 6.51. The molecule has 0 amide bonds. The fraction of sp³-hybridized carbons (Fsp3) is 0.143. The lowest BCUT2D eigenvalue weighted by molar-refractivity contribution is 1.12. The highest BCUT2D eigenvalue weighted by molar-refractivity contribution is 5.87. The summed E-state index contributed by atoms with van der Waals surface area (Å²) in [6.07, 6.45) is 0. The number of aryl methyl sites for hydroxylation is 1. The number of nitrogens with two attached hydrogens (primary N) is 1. The van der Waals surface area contributed by atoms with Crippen molar-refractivity contribution in [3.05, 3.63) is 22.1 Å². The lowest BCUT2D eigenvalue weighted by atomic mass is 10.3. The zero-order valence-corrected chi connectivity index (χ0v) is 6.51. The highest BCUT2D eigenvalue weighted by atomic mass is 16.1. The van der Waals surface area contributed by atoms with Gasteiger partial charge in [0.25, 0.3) is 5.56 Å². The SMILES string of the molecule is Cc1cc2[nH]nc(N)c2c(=O)[nH]1. The van der Waals surface area contributed by atoms with Crippen LogP contribution in [-0.2, 0) is 0 Å². The highest BCUT2D eigenvalue weighted by Crippen LogP contribution is 2.11. The van der Waals surface area contributed by atoms with Gasteiger partial charge in [-0.3, -0.25) is 9.89 Å². The van der Waals surface area contributed by atoms with E-state index in [9.17, 15) is 4.79 Å². The fourth-order valence-corrected chi connectivity index (χ4v) is 1.21. The minimum atomic E-state index is -0.198. The Morgan fingerprint density at radius 3 is 3.08 bits per heavy atom. The zero-order chi connectivity index (χ0) is 8.72. The van der Waals surface area contributed by atoms with Crippen LogP contribution >= 0.6 is 0 Å². The molecule has 0 radical (unpaired) electrons. The first-order chi connectivity index (χ1) is 5.68. The Labute approximate surface area is 67.6 Å². The molecule has 2 rings (SSSR count). The summed E-state index contributed by atoms with van der Waals surface area (Å²) >= 11 is 0. The Hall–Kier alpha value is -1.78. The Morgan fingerprint density at radius 1 is 1.58 bits per heavy atom. The predicted octanol–water partition coefficient (Wildman–Crippen LogP) is 0.142. The average molecular weight is 164 g/mol. The van der Waals surface area contributed by atoms with Crippen LogP contribution in [0.2, 0.25) is 0 Å². The molecule has 12 heavy (non-hydrogen) atoms. The molecule has 0 saturated heterocycles. The van der Waals surface area contributed by atoms with Gasteiger partial charge in [0.05, 0.1) is 5.52 Å². The predicted molar refractivity (Wildman–Crippen MR) is 45.9 cm³/mol. The molecule has 0 spiro atoms. The van der Waals surface area contributed by atoms with Gasteiger partial charge in [-0.25, -0.2) is 0 Å². The Kier molecular flexibility index (Phi) is 1.21. The number of hydrogen-bond donors (Lipinski definition) is 3. The number of hydrogen-bond acceptors (Lipinski definition) is 3. The van der Waals surface area contributed by atoms with Crippen molar-refractivity contribution in [1.29, 1.82) is 0 Å². The van der Waals surface area contributed by atoms with E-state index in [4.69, 9.17) is 5.73 Å². The monoisotopic (exact) mass is 164 g/mol. The van der Waals surface area contributed by atoms with Crippen molar-refractivity contribution in [1.82, 2.24) is 15.2 Å². The molecule has 0 aliphatic carbocycles. The van der Waals surface area contributed by atoms with Crippen molar-refractivity contribution >= 4 is 16.7 Å². The second-order valence-electron chi connectivity index (χ2n) is 2.68. The van der Waals surface area contributed by atoms with Gasteiger partial charge in [0.2, 0.25) is 0 Å². The second kappa shape index (κ2) is 2.10. The van der Waals surface area contributed by atoms with Gasteiger partial charge >= 0.3 is 0 Å². The van der Waals surface area contributed by atoms with Crippen molar-refractivity contribution in [2.24, 2.45) is 0 Å². The molecule has 2 aromatic heterocycles. The van der Waals surface area contributed by atoms with Gasteiger partial charge in [-0.2, -0.15) is 5.10 Å². The van der Waals surface area contributed by atoms with Crippen LogP contribution in [0.15, 0.2) is 10.9 Å². The van der Waals surface area contributed by atoms with E-state index in [1.807, 2.05) is 0 Å². The van der Waals surface area contributed by atoms with Crippen LogP contribution in [0.25, 0.3) is 10.9 Å². The van der Waals surface area contributed by atoms with E-state index in [0.29, 0.717) is 10.9 Å². The second-order valence-corrected chi connectivity index (χ2v) is 2.68. The maximum Gasteiger partial charge on any atom is 0.261 e. The molecule has 0 unspecified atom stereocenters. The largest absolute Gasteiger partial charge is 0.382 e. The number of rotatable bonds is 0. The van der Waals surface area contributed by atoms with Crippen LogP contribution in [0.1, 0.15) is 5.69 Å². The first-order valence-electron chi connectivity index (χ1n) is 3.52. The Morgan fingerprint density at radius 2 is 2.33 bits per heavy atom. The molecule has 0 saturated carbocycles. The molecule has 0 fully saturated rings. The molecule has 0 bridgehead atoms. The Balaban J connectivity index is 3.03. The van der Waals surface area contributed by atoms with Crippen LogP contribution in [-0.4, -0.2) is 15.2 Å². The van der Waals surface area contributed by atoms with E-state index in [-0.39, 0.29) is 11.4 Å². The molecular weight excluding hydrogens is 156 g/mol. The number of nitrogens with one attached hydrogen (secondary N) is 2. The van der Waals surface area contributed by atoms with Crippen LogP contribution in [0, 0.1) is 6.92 Å². The lowest BCUT2D eigenvalue weighted by Crippen LogP contribution is -2.07. The van der Waals surface area contributed by atoms with Crippen LogP contribution in [0.5, 0.6) is 0 Å². The van der Waals surface area contributed by atoms with Gasteiger partial charge in [0.1, 0.15) is 5.39 Å². The highest BCUT2D eigenvalue weighted by Gasteiger charge is 2.05. The van der Waals surface area contributed by atoms with Crippen LogP contribution in [0.3, 0.4) is 0 Å². The van der Waals surface area contributed by atoms with Crippen molar-refractivity contribution in [2.75, 3.05) is 5.73 Å². The van der Waals surface area contributed by atoms with Gasteiger partial charge < -0.3 is 10.7 Å². The van der Waals surface area contributed by atoms with E-state index < -0.39 is 0 Å². The van der Waals surface area contributed by atoms with Gasteiger partial charge in [0.15, 0.2) is 5.82 Å². The minimum Gasteiger partial charge on any atom is -0.382 e. The molecule has 62 valence electrons. The normalized spacial score (nSPS) is 10.8. The van der Waals surface area contributed by atoms with E-state index in [1.54, 1.807) is 13.0 Å². The van der Waals surface area contributed by atoms with Gasteiger partial charge in [-0.05, 0) is 13.0 Å². The number of aromatic nitrogens is 3. The quantitative estimate of drug-likeness (QED) is 0.517. The number of pyridine rings is 1. The topological polar surface area (TPSA) is 87.6 Å². The average Bonchev–Trinajstić information content (AvgIpc) is 2.31. The molecule has 2 aromatic rings. The third-order valence-electron chi connectivity index (χ3n) is 1.72. The first kappa shape index (κ1) is 6.90. The molecule has 0 aromatic carbocycles. The number of aromatic amines is 2. The summed E-state index contributed by atoms with van der Waals surface area (Å²) in [6, 6.07) is 1.79. The van der Waals surface area contributed by atoms with Crippen molar-refractivity contribution in [2.45, 2.75) is 6.92 Å². The maximum absolute atomic E-state index is 11.3. The summed E-state index contributed by atoms with van der Waals surface area (Å²) in [7, 11) is 0. The summed E-state index contributed by atoms with van der Waals surface area (Å²) in [4.78, 5) is 13.9. The molecule has 0 aliphatic heterocycles. The number of H-pyrrole nitrogens is 2. The van der Waals surface area contributed by atoms with Gasteiger partial charge in [0, 0.05) is 5.69 Å². The van der Waals surface area contributed by atoms with E-state index in [1.165, 1.54) is 0 Å². The van der Waals surface area contributed by atoms with Crippen molar-refractivity contribution in [3.8, 4) is 0 Å². The Bertz CT molecular complexity index is 482. The molecule has 0 atom stereocenters. The maximum atomic E-state index is 11.3. The van der Waals surface area contributed by atoms with E-state index in [0.717, 1.165) is 5.69 Å². The molecule has 4 N–H and O–H groups in total. The first-order valence-corrected chi connectivity index (χ1v) is 3.52. The van der Waals surface area contributed by atoms with E-state index in [2.05, 4.69) is 15.2 Å². The third-order valence-corrected chi connectivity index (χ3v) is 1.72. The van der Waals surface area contributed by atoms with Gasteiger partial charge in [-0.15, -0.1) is 0 Å². The molecule has 2 heterocycles. The number of anilines is 1. The molecule has 5 heteroatoms. The van der Waals surface area contributed by atoms with Crippen molar-refractivity contribution < 1.29 is 0 Å². The summed E-state index contributed by atoms with van der Waals surface area (Å²) < 4.78 is 0. The summed E-state index contributed by atoms with van der Waals surface area (Å²) in [6.45, 7) is 1.80. The van der Waals surface area contributed by atoms with Crippen LogP contribution in [0.4, 0.5) is 5.82 Å². The lowest BCUT2D eigenvalue weighted by Gasteiger charge is -1.91. The third kappa shape index (κ3) is 0.795.